The zero-order valence-corrected chi connectivity index (χ0v) is 21.2. The first-order valence-corrected chi connectivity index (χ1v) is 12.2. The van der Waals surface area contributed by atoms with Crippen molar-refractivity contribution in [3.05, 3.63) is 78.3 Å². The molecular formula is C28H29F2N5O2. The summed E-state index contributed by atoms with van der Waals surface area (Å²) in [5, 5.41) is 7.31. The van der Waals surface area contributed by atoms with Gasteiger partial charge in [0.05, 0.1) is 12.0 Å². The standard InChI is InChI=1S/C28H29F2N5O2/c1-17(18-5-8-22(29)9-6-18)33-27(36)21-13-34(14-21)26-24-12-20(15-35(24)32-16-31-26)19-7-10-25(23(30)11-19)37-28(2,3)4/h5-12,15-17,21H,13-14H2,1-4H3,(H,33,36)/t17-/m0/s1. The van der Waals surface area contributed by atoms with Gasteiger partial charge in [-0.15, -0.1) is 0 Å². The molecule has 0 aliphatic carbocycles. The molecule has 1 aliphatic rings. The molecule has 4 aromatic rings. The highest BCUT2D eigenvalue weighted by Gasteiger charge is 2.35. The molecule has 192 valence electrons. The van der Waals surface area contributed by atoms with Gasteiger partial charge in [-0.1, -0.05) is 18.2 Å². The van der Waals surface area contributed by atoms with Crippen LogP contribution in [0.1, 0.15) is 39.3 Å². The third-order valence-electron chi connectivity index (χ3n) is 6.35. The van der Waals surface area contributed by atoms with Crippen LogP contribution < -0.4 is 15.0 Å². The van der Waals surface area contributed by atoms with Gasteiger partial charge in [0.15, 0.2) is 17.4 Å². The average Bonchev–Trinajstić information content (AvgIpc) is 3.24. The molecule has 7 nitrogen and oxygen atoms in total. The number of hydrogen-bond acceptors (Lipinski definition) is 5. The van der Waals surface area contributed by atoms with Crippen LogP contribution in [0.3, 0.4) is 0 Å². The Labute approximate surface area is 214 Å². The van der Waals surface area contributed by atoms with Gasteiger partial charge in [0.2, 0.25) is 5.91 Å². The highest BCUT2D eigenvalue weighted by Crippen LogP contribution is 2.33. The Kier molecular flexibility index (Phi) is 6.31. The van der Waals surface area contributed by atoms with E-state index in [2.05, 4.69) is 15.4 Å². The SMILES string of the molecule is C[C@H](NC(=O)C1CN(c2ncnn3cc(-c4ccc(OC(C)(C)C)c(F)c4)cc23)C1)c1ccc(F)cc1. The fraction of sp³-hybridized carbons (Fsp3) is 0.321. The molecule has 2 aromatic carbocycles. The molecule has 0 spiro atoms. The molecule has 0 unspecified atom stereocenters. The fourth-order valence-corrected chi connectivity index (χ4v) is 4.39. The van der Waals surface area contributed by atoms with Gasteiger partial charge in [-0.05, 0) is 69.2 Å². The number of nitrogens with zero attached hydrogens (tertiary/aromatic N) is 4. The number of nitrogens with one attached hydrogen (secondary N) is 1. The van der Waals surface area contributed by atoms with E-state index in [0.717, 1.165) is 16.6 Å². The maximum Gasteiger partial charge on any atom is 0.227 e. The Hall–Kier alpha value is -4.01. The lowest BCUT2D eigenvalue weighted by Gasteiger charge is -2.39. The van der Waals surface area contributed by atoms with Gasteiger partial charge in [-0.2, -0.15) is 5.10 Å². The van der Waals surface area contributed by atoms with Crippen molar-refractivity contribution < 1.29 is 18.3 Å². The maximum absolute atomic E-state index is 14.7. The van der Waals surface area contributed by atoms with E-state index < -0.39 is 11.4 Å². The van der Waals surface area contributed by atoms with E-state index in [0.29, 0.717) is 24.5 Å². The summed E-state index contributed by atoms with van der Waals surface area (Å²) in [6.45, 7) is 8.53. The second-order valence-corrected chi connectivity index (χ2v) is 10.4. The van der Waals surface area contributed by atoms with Crippen LogP contribution in [-0.2, 0) is 4.79 Å². The van der Waals surface area contributed by atoms with Crippen LogP contribution in [0.15, 0.2) is 61.1 Å². The van der Waals surface area contributed by atoms with Gasteiger partial charge in [-0.3, -0.25) is 4.79 Å². The second-order valence-electron chi connectivity index (χ2n) is 10.4. The molecule has 37 heavy (non-hydrogen) atoms. The Morgan fingerprint density at radius 2 is 1.81 bits per heavy atom. The second kappa shape index (κ2) is 9.46. The fourth-order valence-electron chi connectivity index (χ4n) is 4.39. The van der Waals surface area contributed by atoms with Crippen LogP contribution in [0.4, 0.5) is 14.6 Å². The summed E-state index contributed by atoms with van der Waals surface area (Å²) in [4.78, 5) is 19.2. The molecule has 0 saturated carbocycles. The van der Waals surface area contributed by atoms with Gasteiger partial charge in [-0.25, -0.2) is 18.3 Å². The van der Waals surface area contributed by atoms with E-state index in [1.54, 1.807) is 22.7 Å². The Bertz CT molecular complexity index is 1440. The molecule has 5 rings (SSSR count). The summed E-state index contributed by atoms with van der Waals surface area (Å²) >= 11 is 0. The minimum atomic E-state index is -0.497. The van der Waals surface area contributed by atoms with Crippen LogP contribution in [0.2, 0.25) is 0 Å². The lowest BCUT2D eigenvalue weighted by atomic mass is 9.98. The van der Waals surface area contributed by atoms with Crippen LogP contribution in [0.25, 0.3) is 16.6 Å². The Morgan fingerprint density at radius 1 is 1.08 bits per heavy atom. The summed E-state index contributed by atoms with van der Waals surface area (Å²) in [5.41, 5.74) is 2.62. The summed E-state index contributed by atoms with van der Waals surface area (Å²) in [6, 6.07) is 12.7. The summed E-state index contributed by atoms with van der Waals surface area (Å²) in [5.74, 6) is -0.0537. The first-order valence-electron chi connectivity index (χ1n) is 12.2. The molecular weight excluding hydrogens is 476 g/mol. The molecule has 0 bridgehead atoms. The smallest absolute Gasteiger partial charge is 0.227 e. The molecule has 9 heteroatoms. The Balaban J connectivity index is 1.28. The van der Waals surface area contributed by atoms with Crippen molar-refractivity contribution in [2.45, 2.75) is 39.3 Å². The molecule has 1 fully saturated rings. The first-order chi connectivity index (χ1) is 17.6. The predicted octanol–water partition coefficient (Wildman–Crippen LogP) is 5.17. The summed E-state index contributed by atoms with van der Waals surface area (Å²) in [7, 11) is 0. The molecule has 1 N–H and O–H groups in total. The number of anilines is 1. The minimum absolute atomic E-state index is 0.0535. The normalized spacial score (nSPS) is 14.9. The molecule has 2 aromatic heterocycles. The quantitative estimate of drug-likeness (QED) is 0.392. The maximum atomic E-state index is 14.7. The van der Waals surface area contributed by atoms with E-state index >= 15 is 0 Å². The molecule has 1 saturated heterocycles. The summed E-state index contributed by atoms with van der Waals surface area (Å²) in [6.07, 6.45) is 3.30. The number of benzene rings is 2. The minimum Gasteiger partial charge on any atom is -0.485 e. The third kappa shape index (κ3) is 5.26. The number of amides is 1. The lowest BCUT2D eigenvalue weighted by molar-refractivity contribution is -0.126. The highest BCUT2D eigenvalue weighted by molar-refractivity contribution is 5.84. The number of hydrogen-bond donors (Lipinski definition) is 1. The number of fused-ring (bicyclic) bond motifs is 1. The van der Waals surface area contributed by atoms with Gasteiger partial charge in [0.25, 0.3) is 0 Å². The van der Waals surface area contributed by atoms with Gasteiger partial charge in [0, 0.05) is 24.8 Å². The first kappa shape index (κ1) is 24.7. The number of ether oxygens (including phenoxy) is 1. The highest BCUT2D eigenvalue weighted by atomic mass is 19.1. The number of rotatable bonds is 6. The zero-order valence-electron chi connectivity index (χ0n) is 21.2. The van der Waals surface area contributed by atoms with Crippen molar-refractivity contribution in [2.75, 3.05) is 18.0 Å². The van der Waals surface area contributed by atoms with E-state index in [4.69, 9.17) is 4.74 Å². The van der Waals surface area contributed by atoms with Crippen molar-refractivity contribution in [1.82, 2.24) is 19.9 Å². The van der Waals surface area contributed by atoms with Crippen molar-refractivity contribution in [3.63, 3.8) is 0 Å². The number of halogens is 2. The predicted molar refractivity (Wildman–Crippen MR) is 137 cm³/mol. The molecule has 1 aliphatic heterocycles. The van der Waals surface area contributed by atoms with Crippen LogP contribution in [0, 0.1) is 17.6 Å². The van der Waals surface area contributed by atoms with Gasteiger partial charge < -0.3 is 15.0 Å². The van der Waals surface area contributed by atoms with Crippen molar-refractivity contribution in [3.8, 4) is 16.9 Å². The topological polar surface area (TPSA) is 71.8 Å². The van der Waals surface area contributed by atoms with Gasteiger partial charge in [0.1, 0.15) is 23.3 Å². The van der Waals surface area contributed by atoms with Crippen LogP contribution in [-0.4, -0.2) is 39.2 Å². The van der Waals surface area contributed by atoms with Crippen LogP contribution in [0.5, 0.6) is 5.75 Å². The van der Waals surface area contributed by atoms with E-state index in [9.17, 15) is 13.6 Å². The average molecular weight is 506 g/mol. The molecule has 3 heterocycles. The number of carbonyl (C=O) groups is 1. The molecule has 1 amide bonds. The summed E-state index contributed by atoms with van der Waals surface area (Å²) < 4.78 is 35.3. The zero-order chi connectivity index (χ0) is 26.3. The van der Waals surface area contributed by atoms with Gasteiger partial charge >= 0.3 is 0 Å². The van der Waals surface area contributed by atoms with Crippen molar-refractivity contribution >= 4 is 17.2 Å². The van der Waals surface area contributed by atoms with Crippen molar-refractivity contribution in [2.24, 2.45) is 5.92 Å². The number of aromatic nitrogens is 3. The monoisotopic (exact) mass is 505 g/mol. The van der Waals surface area contributed by atoms with E-state index in [1.165, 1.54) is 24.5 Å². The van der Waals surface area contributed by atoms with E-state index in [-0.39, 0.29) is 29.4 Å². The lowest BCUT2D eigenvalue weighted by Crippen LogP contribution is -2.54. The largest absolute Gasteiger partial charge is 0.485 e. The third-order valence-corrected chi connectivity index (χ3v) is 6.35. The van der Waals surface area contributed by atoms with Crippen LogP contribution >= 0.6 is 0 Å². The molecule has 0 radical (unpaired) electrons. The number of carbonyl (C=O) groups excluding carboxylic acids is 1. The van der Waals surface area contributed by atoms with E-state index in [1.807, 2.05) is 50.9 Å². The Morgan fingerprint density at radius 3 is 2.49 bits per heavy atom. The van der Waals surface area contributed by atoms with Crippen molar-refractivity contribution in [1.29, 1.82) is 0 Å². The molecule has 1 atom stereocenters.